The smallest absolute Gasteiger partial charge is 0.225 e. The predicted molar refractivity (Wildman–Crippen MR) is 119 cm³/mol. The molecule has 30 heavy (non-hydrogen) atoms. The minimum absolute atomic E-state index is 0.0308. The Bertz CT molecular complexity index is 825. The fraction of sp³-hybridized carbons (Fsp3) is 0.522. The van der Waals surface area contributed by atoms with Crippen molar-refractivity contribution in [3.05, 3.63) is 46.2 Å². The number of ketones is 1. The highest BCUT2D eigenvalue weighted by molar-refractivity contribution is 6.30. The summed E-state index contributed by atoms with van der Waals surface area (Å²) in [4.78, 5) is 33.1. The van der Waals surface area contributed by atoms with Crippen LogP contribution in [0.2, 0.25) is 5.02 Å². The number of benzene rings is 1. The number of piperazine rings is 1. The lowest BCUT2D eigenvalue weighted by molar-refractivity contribution is -0.136. The number of aliphatic imine (C=N–C) groups is 1. The van der Waals surface area contributed by atoms with Gasteiger partial charge < -0.3 is 10.0 Å². The van der Waals surface area contributed by atoms with Crippen LogP contribution < -0.4 is 0 Å². The zero-order valence-corrected chi connectivity index (χ0v) is 18.4. The molecular formula is C23H30ClN3O3. The van der Waals surface area contributed by atoms with E-state index in [1.54, 1.807) is 12.1 Å². The zero-order valence-electron chi connectivity index (χ0n) is 17.7. The molecular weight excluding hydrogens is 402 g/mol. The quantitative estimate of drug-likeness (QED) is 0.700. The number of aliphatic hydroxyl groups excluding tert-OH is 1. The number of aliphatic hydroxyl groups is 1. The molecule has 1 amide bonds. The molecule has 3 rings (SSSR count). The monoisotopic (exact) mass is 431 g/mol. The van der Waals surface area contributed by atoms with Crippen LogP contribution in [0.15, 0.2) is 40.6 Å². The van der Waals surface area contributed by atoms with E-state index in [0.29, 0.717) is 30.0 Å². The van der Waals surface area contributed by atoms with Crippen molar-refractivity contribution in [2.75, 3.05) is 39.3 Å². The number of Topliss-reactive ketones (excluding diaryl/α,β-unsaturated/α-hetero) is 1. The van der Waals surface area contributed by atoms with Crippen LogP contribution in [-0.2, 0) is 9.59 Å². The second kappa shape index (κ2) is 10.2. The molecule has 6 nitrogen and oxygen atoms in total. The first-order chi connectivity index (χ1) is 14.3. The Balaban J connectivity index is 1.48. The average molecular weight is 432 g/mol. The maximum Gasteiger partial charge on any atom is 0.225 e. The third-order valence-corrected chi connectivity index (χ3v) is 6.02. The third-order valence-electron chi connectivity index (χ3n) is 5.77. The number of halogens is 1. The van der Waals surface area contributed by atoms with E-state index < -0.39 is 0 Å². The van der Waals surface area contributed by atoms with Gasteiger partial charge in [0.25, 0.3) is 0 Å². The predicted octanol–water partition coefficient (Wildman–Crippen LogP) is 3.47. The van der Waals surface area contributed by atoms with Crippen molar-refractivity contribution in [3.8, 4) is 0 Å². The first kappa shape index (κ1) is 22.5. The zero-order chi connectivity index (χ0) is 21.7. The number of allylic oxidation sites excluding steroid dienone is 2. The van der Waals surface area contributed by atoms with E-state index in [4.69, 9.17) is 11.6 Å². The summed E-state index contributed by atoms with van der Waals surface area (Å²) in [5.74, 6) is 0.244. The topological polar surface area (TPSA) is 73.2 Å². The van der Waals surface area contributed by atoms with Crippen LogP contribution in [0.3, 0.4) is 0 Å². The molecule has 1 unspecified atom stereocenters. The van der Waals surface area contributed by atoms with Crippen molar-refractivity contribution in [3.63, 3.8) is 0 Å². The third kappa shape index (κ3) is 5.70. The van der Waals surface area contributed by atoms with Gasteiger partial charge in [0.15, 0.2) is 5.78 Å². The summed E-state index contributed by atoms with van der Waals surface area (Å²) in [6.07, 6.45) is 2.31. The number of carbonyl (C=O) groups is 2. The Morgan fingerprint density at radius 2 is 1.87 bits per heavy atom. The van der Waals surface area contributed by atoms with Gasteiger partial charge >= 0.3 is 0 Å². The van der Waals surface area contributed by atoms with E-state index in [-0.39, 0.29) is 29.3 Å². The van der Waals surface area contributed by atoms with Crippen LogP contribution in [0.1, 0.15) is 38.2 Å². The summed E-state index contributed by atoms with van der Waals surface area (Å²) in [5, 5.41) is 11.0. The summed E-state index contributed by atoms with van der Waals surface area (Å²) < 4.78 is 0. The van der Waals surface area contributed by atoms with Gasteiger partial charge in [-0.25, -0.2) is 0 Å². The molecule has 1 heterocycles. The normalized spacial score (nSPS) is 21.1. The molecule has 1 N–H and O–H groups in total. The van der Waals surface area contributed by atoms with E-state index >= 15 is 0 Å². The molecule has 0 bridgehead atoms. The molecule has 0 radical (unpaired) electrons. The number of hydrogen-bond acceptors (Lipinski definition) is 5. The Morgan fingerprint density at radius 3 is 2.47 bits per heavy atom. The first-order valence-electron chi connectivity index (χ1n) is 10.6. The first-order valence-corrected chi connectivity index (χ1v) is 10.9. The summed E-state index contributed by atoms with van der Waals surface area (Å²) in [6, 6.07) is 7.41. The van der Waals surface area contributed by atoms with Gasteiger partial charge in [0.2, 0.25) is 5.91 Å². The van der Waals surface area contributed by atoms with Gasteiger partial charge in [-0.05, 0) is 23.6 Å². The molecule has 1 aromatic rings. The van der Waals surface area contributed by atoms with E-state index in [2.05, 4.69) is 9.89 Å². The van der Waals surface area contributed by atoms with Crippen LogP contribution in [0.4, 0.5) is 0 Å². The largest absolute Gasteiger partial charge is 0.511 e. The number of amides is 1. The molecule has 1 aliphatic carbocycles. The second-order valence-electron chi connectivity index (χ2n) is 8.30. The summed E-state index contributed by atoms with van der Waals surface area (Å²) in [6.45, 7) is 8.36. The van der Waals surface area contributed by atoms with E-state index in [1.807, 2.05) is 30.9 Å². The van der Waals surface area contributed by atoms with Crippen molar-refractivity contribution in [2.45, 2.75) is 32.6 Å². The van der Waals surface area contributed by atoms with E-state index in [9.17, 15) is 14.7 Å². The molecule has 162 valence electrons. The Kier molecular flexibility index (Phi) is 7.67. The Labute approximate surface area is 183 Å². The maximum absolute atomic E-state index is 12.5. The van der Waals surface area contributed by atoms with Gasteiger partial charge in [-0.2, -0.15) is 0 Å². The van der Waals surface area contributed by atoms with Gasteiger partial charge in [-0.3, -0.25) is 19.5 Å². The lowest BCUT2D eigenvalue weighted by atomic mass is 9.83. The molecule has 2 aliphatic rings. The minimum Gasteiger partial charge on any atom is -0.511 e. The molecule has 0 aromatic heterocycles. The highest BCUT2D eigenvalue weighted by Crippen LogP contribution is 2.33. The minimum atomic E-state index is -0.0803. The average Bonchev–Trinajstić information content (AvgIpc) is 2.73. The molecule has 1 fully saturated rings. The molecule has 1 aromatic carbocycles. The molecule has 1 aliphatic heterocycles. The summed E-state index contributed by atoms with van der Waals surface area (Å²) in [5.41, 5.74) is 1.33. The van der Waals surface area contributed by atoms with Crippen molar-refractivity contribution in [1.82, 2.24) is 9.80 Å². The lowest BCUT2D eigenvalue weighted by Gasteiger charge is -2.35. The van der Waals surface area contributed by atoms with Crippen molar-refractivity contribution in [2.24, 2.45) is 10.9 Å². The Hall–Kier alpha value is -2.18. The van der Waals surface area contributed by atoms with Gasteiger partial charge in [0.05, 0.1) is 12.1 Å². The number of rotatable bonds is 6. The molecule has 0 saturated carbocycles. The molecule has 1 saturated heterocycles. The molecule has 7 heteroatoms. The molecule has 1 atom stereocenters. The van der Waals surface area contributed by atoms with E-state index in [0.717, 1.165) is 38.3 Å². The van der Waals surface area contributed by atoms with Gasteiger partial charge in [-0.15, -0.1) is 0 Å². The van der Waals surface area contributed by atoms with Crippen molar-refractivity contribution in [1.29, 1.82) is 0 Å². The van der Waals surface area contributed by atoms with Crippen LogP contribution >= 0.6 is 11.6 Å². The van der Waals surface area contributed by atoms with Crippen LogP contribution in [-0.4, -0.2) is 72.1 Å². The van der Waals surface area contributed by atoms with Gasteiger partial charge in [0, 0.05) is 62.7 Å². The number of nitrogens with zero attached hydrogens (tertiary/aromatic N) is 3. The molecule has 0 spiro atoms. The summed E-state index contributed by atoms with van der Waals surface area (Å²) >= 11 is 5.93. The van der Waals surface area contributed by atoms with E-state index in [1.165, 1.54) is 6.21 Å². The van der Waals surface area contributed by atoms with Crippen molar-refractivity contribution < 1.29 is 14.7 Å². The Morgan fingerprint density at radius 1 is 1.20 bits per heavy atom. The fourth-order valence-corrected chi connectivity index (χ4v) is 4.07. The number of hydrogen-bond donors (Lipinski definition) is 1. The van der Waals surface area contributed by atoms with Crippen LogP contribution in [0, 0.1) is 5.92 Å². The number of carbonyl (C=O) groups excluding carboxylic acids is 2. The maximum atomic E-state index is 12.5. The SMILES string of the molecule is CC(C)C(=O)N1CCN(CCN=CC2=C(O)CC(c3ccc(Cl)cc3)CC2=O)CC1. The van der Waals surface area contributed by atoms with Gasteiger partial charge in [0.1, 0.15) is 5.76 Å². The van der Waals surface area contributed by atoms with Crippen LogP contribution in [0.25, 0.3) is 0 Å². The lowest BCUT2D eigenvalue weighted by Crippen LogP contribution is -2.50. The van der Waals surface area contributed by atoms with Gasteiger partial charge in [-0.1, -0.05) is 37.6 Å². The summed E-state index contributed by atoms with van der Waals surface area (Å²) in [7, 11) is 0. The second-order valence-corrected chi connectivity index (χ2v) is 8.73. The fourth-order valence-electron chi connectivity index (χ4n) is 3.94. The van der Waals surface area contributed by atoms with Crippen LogP contribution in [0.5, 0.6) is 0 Å². The highest BCUT2D eigenvalue weighted by atomic mass is 35.5. The van der Waals surface area contributed by atoms with Crippen molar-refractivity contribution >= 4 is 29.5 Å². The highest BCUT2D eigenvalue weighted by Gasteiger charge is 2.28. The standard InChI is InChI=1S/C23H30ClN3O3/c1-16(2)23(30)27-11-9-26(10-12-27)8-7-25-15-20-21(28)13-18(14-22(20)29)17-3-5-19(24)6-4-17/h3-6,15-16,18,28H,7-14H2,1-2H3.